The van der Waals surface area contributed by atoms with Crippen LogP contribution in [-0.4, -0.2) is 66.6 Å². The topological polar surface area (TPSA) is 61.6 Å². The number of carbonyl (C=O) groups is 1. The van der Waals surface area contributed by atoms with E-state index in [1.54, 1.807) is 0 Å². The minimum Gasteiger partial charge on any atom is -0.352 e. The van der Waals surface area contributed by atoms with Gasteiger partial charge in [0.1, 0.15) is 0 Å². The lowest BCUT2D eigenvalue weighted by Crippen LogP contribution is -2.57. The molecule has 118 valence electrons. The minimum absolute atomic E-state index is 0.0379. The van der Waals surface area contributed by atoms with E-state index in [9.17, 15) is 4.79 Å². The second-order valence-corrected chi connectivity index (χ2v) is 5.86. The normalized spacial score (nSPS) is 22.2. The Morgan fingerprint density at radius 1 is 1.10 bits per heavy atom. The Morgan fingerprint density at radius 3 is 2.10 bits per heavy atom. The first-order valence-electron chi connectivity index (χ1n) is 8.01. The molecule has 0 aromatic heterocycles. The van der Waals surface area contributed by atoms with Crippen molar-refractivity contribution in [1.82, 2.24) is 15.1 Å². The second-order valence-electron chi connectivity index (χ2n) is 5.86. The summed E-state index contributed by atoms with van der Waals surface area (Å²) < 4.78 is 0. The fourth-order valence-electron chi connectivity index (χ4n) is 2.70. The average molecular weight is 284 g/mol. The number of piperazine rings is 1. The highest BCUT2D eigenvalue weighted by Crippen LogP contribution is 2.11. The van der Waals surface area contributed by atoms with Crippen molar-refractivity contribution in [1.29, 1.82) is 0 Å². The molecule has 3 atom stereocenters. The molecule has 5 nitrogen and oxygen atoms in total. The quantitative estimate of drug-likeness (QED) is 0.720. The van der Waals surface area contributed by atoms with E-state index in [0.717, 1.165) is 45.6 Å². The summed E-state index contributed by atoms with van der Waals surface area (Å²) in [4.78, 5) is 16.9. The molecule has 0 aromatic rings. The first kappa shape index (κ1) is 17.4. The third-order valence-electron chi connectivity index (χ3n) is 4.54. The Labute approximate surface area is 123 Å². The van der Waals surface area contributed by atoms with Gasteiger partial charge in [-0.2, -0.15) is 0 Å². The lowest BCUT2D eigenvalue weighted by Gasteiger charge is -2.40. The van der Waals surface area contributed by atoms with E-state index in [4.69, 9.17) is 5.73 Å². The molecule has 1 fully saturated rings. The molecule has 0 radical (unpaired) electrons. The van der Waals surface area contributed by atoms with Crippen molar-refractivity contribution in [3.63, 3.8) is 0 Å². The van der Waals surface area contributed by atoms with Crippen LogP contribution in [0.25, 0.3) is 0 Å². The summed E-state index contributed by atoms with van der Waals surface area (Å²) in [5.74, 6) is 0.152. The average Bonchev–Trinajstić information content (AvgIpc) is 2.48. The van der Waals surface area contributed by atoms with Crippen molar-refractivity contribution >= 4 is 5.91 Å². The van der Waals surface area contributed by atoms with E-state index in [0.29, 0.717) is 6.04 Å². The van der Waals surface area contributed by atoms with E-state index in [1.165, 1.54) is 0 Å². The highest BCUT2D eigenvalue weighted by atomic mass is 16.2. The molecule has 0 aromatic carbocycles. The monoisotopic (exact) mass is 284 g/mol. The number of nitrogens with two attached hydrogens (primary N) is 1. The van der Waals surface area contributed by atoms with E-state index in [-0.39, 0.29) is 18.0 Å². The van der Waals surface area contributed by atoms with Crippen LogP contribution in [0.5, 0.6) is 0 Å². The molecule has 5 heteroatoms. The van der Waals surface area contributed by atoms with Crippen molar-refractivity contribution in [2.45, 2.75) is 58.7 Å². The maximum atomic E-state index is 12.2. The van der Waals surface area contributed by atoms with Crippen LogP contribution in [0.1, 0.15) is 40.5 Å². The van der Waals surface area contributed by atoms with Gasteiger partial charge in [-0.25, -0.2) is 0 Å². The van der Waals surface area contributed by atoms with Gasteiger partial charge in [0.25, 0.3) is 0 Å². The standard InChI is InChI=1S/C15H32N4O/c1-5-12(3)17-15(20)13(4)18-7-9-19(10-8-18)14(6-2)11-16/h12-14H,5-11,16H2,1-4H3,(H,17,20). The van der Waals surface area contributed by atoms with Crippen LogP contribution in [0.15, 0.2) is 0 Å². The van der Waals surface area contributed by atoms with Crippen LogP contribution in [0.2, 0.25) is 0 Å². The summed E-state index contributed by atoms with van der Waals surface area (Å²) in [6, 6.07) is 0.707. The zero-order valence-corrected chi connectivity index (χ0v) is 13.6. The predicted molar refractivity (Wildman–Crippen MR) is 83.6 cm³/mol. The van der Waals surface area contributed by atoms with E-state index >= 15 is 0 Å². The second kappa shape index (κ2) is 8.60. The van der Waals surface area contributed by atoms with Crippen LogP contribution < -0.4 is 11.1 Å². The van der Waals surface area contributed by atoms with Crippen molar-refractivity contribution in [2.75, 3.05) is 32.7 Å². The highest BCUT2D eigenvalue weighted by molar-refractivity contribution is 5.81. The summed E-state index contributed by atoms with van der Waals surface area (Å²) in [5.41, 5.74) is 5.81. The molecule has 3 unspecified atom stereocenters. The van der Waals surface area contributed by atoms with Crippen LogP contribution in [0.4, 0.5) is 0 Å². The molecule has 20 heavy (non-hydrogen) atoms. The lowest BCUT2D eigenvalue weighted by molar-refractivity contribution is -0.127. The third-order valence-corrected chi connectivity index (χ3v) is 4.54. The summed E-state index contributed by atoms with van der Waals surface area (Å²) >= 11 is 0. The van der Waals surface area contributed by atoms with E-state index in [1.807, 2.05) is 6.92 Å². The van der Waals surface area contributed by atoms with Crippen molar-refractivity contribution in [2.24, 2.45) is 5.73 Å². The van der Waals surface area contributed by atoms with Crippen molar-refractivity contribution in [3.05, 3.63) is 0 Å². The zero-order chi connectivity index (χ0) is 15.1. The number of rotatable bonds is 7. The molecule has 0 saturated carbocycles. The van der Waals surface area contributed by atoms with Crippen molar-refractivity contribution < 1.29 is 4.79 Å². The molecule has 0 aliphatic carbocycles. The van der Waals surface area contributed by atoms with Crippen LogP contribution >= 0.6 is 0 Å². The molecule has 0 bridgehead atoms. The largest absolute Gasteiger partial charge is 0.352 e. The minimum atomic E-state index is -0.0379. The van der Waals surface area contributed by atoms with Gasteiger partial charge in [-0.3, -0.25) is 14.6 Å². The molecule has 1 aliphatic heterocycles. The van der Waals surface area contributed by atoms with E-state index < -0.39 is 0 Å². The van der Waals surface area contributed by atoms with Gasteiger partial charge in [0, 0.05) is 44.8 Å². The molecule has 1 rings (SSSR count). The molecule has 1 amide bonds. The Bertz CT molecular complexity index is 286. The number of carbonyl (C=O) groups excluding carboxylic acids is 1. The lowest BCUT2D eigenvalue weighted by atomic mass is 10.1. The Kier molecular flexibility index (Phi) is 7.48. The Morgan fingerprint density at radius 2 is 1.65 bits per heavy atom. The van der Waals surface area contributed by atoms with Gasteiger partial charge in [0.15, 0.2) is 0 Å². The van der Waals surface area contributed by atoms with Gasteiger partial charge in [-0.05, 0) is 26.7 Å². The molecule has 1 heterocycles. The fraction of sp³-hybridized carbons (Fsp3) is 0.933. The van der Waals surface area contributed by atoms with Crippen LogP contribution in [0, 0.1) is 0 Å². The fourth-order valence-corrected chi connectivity index (χ4v) is 2.70. The molecule has 1 saturated heterocycles. The third kappa shape index (κ3) is 4.72. The number of hydrogen-bond donors (Lipinski definition) is 2. The predicted octanol–water partition coefficient (Wildman–Crippen LogP) is 0.645. The maximum Gasteiger partial charge on any atom is 0.237 e. The first-order chi connectivity index (χ1) is 9.53. The zero-order valence-electron chi connectivity index (χ0n) is 13.6. The van der Waals surface area contributed by atoms with Gasteiger partial charge in [-0.15, -0.1) is 0 Å². The van der Waals surface area contributed by atoms with Crippen LogP contribution in [0.3, 0.4) is 0 Å². The molecule has 0 spiro atoms. The Hall–Kier alpha value is -0.650. The van der Waals surface area contributed by atoms with Gasteiger partial charge < -0.3 is 11.1 Å². The number of nitrogens with one attached hydrogen (secondary N) is 1. The van der Waals surface area contributed by atoms with Crippen LogP contribution in [-0.2, 0) is 4.79 Å². The Balaban J connectivity index is 2.42. The molecular formula is C15H32N4O. The molecule has 1 aliphatic rings. The molecule has 3 N–H and O–H groups in total. The summed E-state index contributed by atoms with van der Waals surface area (Å²) in [6.07, 6.45) is 2.07. The SMILES string of the molecule is CCC(C)NC(=O)C(C)N1CCN(C(CC)CN)CC1. The van der Waals surface area contributed by atoms with Crippen molar-refractivity contribution in [3.8, 4) is 0 Å². The first-order valence-corrected chi connectivity index (χ1v) is 8.01. The summed E-state index contributed by atoms with van der Waals surface area (Å²) in [5, 5.41) is 3.07. The highest BCUT2D eigenvalue weighted by Gasteiger charge is 2.27. The van der Waals surface area contributed by atoms with Gasteiger partial charge >= 0.3 is 0 Å². The van der Waals surface area contributed by atoms with Gasteiger partial charge in [0.2, 0.25) is 5.91 Å². The maximum absolute atomic E-state index is 12.2. The number of hydrogen-bond acceptors (Lipinski definition) is 4. The van der Waals surface area contributed by atoms with E-state index in [2.05, 4.69) is 35.9 Å². The van der Waals surface area contributed by atoms with Gasteiger partial charge in [0.05, 0.1) is 6.04 Å². The molecular weight excluding hydrogens is 252 g/mol. The van der Waals surface area contributed by atoms with Gasteiger partial charge in [-0.1, -0.05) is 13.8 Å². The summed E-state index contributed by atoms with van der Waals surface area (Å²) in [6.45, 7) is 13.0. The summed E-state index contributed by atoms with van der Waals surface area (Å²) in [7, 11) is 0. The number of nitrogens with zero attached hydrogens (tertiary/aromatic N) is 2. The number of amides is 1. The smallest absolute Gasteiger partial charge is 0.237 e.